The van der Waals surface area contributed by atoms with Gasteiger partial charge in [-0.25, -0.2) is 0 Å². The second kappa shape index (κ2) is 6.50. The fourth-order valence-corrected chi connectivity index (χ4v) is 1.10. The van der Waals surface area contributed by atoms with E-state index in [0.29, 0.717) is 18.3 Å². The summed E-state index contributed by atoms with van der Waals surface area (Å²) in [6.45, 7) is 4.23. The van der Waals surface area contributed by atoms with Crippen LogP contribution < -0.4 is 5.32 Å². The highest BCUT2D eigenvalue weighted by molar-refractivity contribution is 4.81. The van der Waals surface area contributed by atoms with Gasteiger partial charge < -0.3 is 14.6 Å². The number of hydrogen-bond donors (Lipinski definition) is 1. The van der Waals surface area contributed by atoms with Crippen molar-refractivity contribution in [3.05, 3.63) is 11.7 Å². The number of rotatable bonds is 7. The van der Waals surface area contributed by atoms with Crippen molar-refractivity contribution in [3.8, 4) is 0 Å². The molecule has 1 N–H and O–H groups in total. The highest BCUT2D eigenvalue weighted by atomic mass is 16.5. The zero-order chi connectivity index (χ0) is 10.2. The standard InChI is InChI=1S/C9H17N3O2/c1-8-11-9(14-12-8)7-10-5-3-4-6-13-2/h10H,3-7H2,1-2H3. The number of aryl methyl sites for hydroxylation is 1. The van der Waals surface area contributed by atoms with E-state index in [9.17, 15) is 0 Å². The lowest BCUT2D eigenvalue weighted by Gasteiger charge is -2.00. The van der Waals surface area contributed by atoms with Crippen LogP contribution in [0.2, 0.25) is 0 Å². The Labute approximate surface area is 83.8 Å². The van der Waals surface area contributed by atoms with Crippen LogP contribution in [0.5, 0.6) is 0 Å². The molecule has 0 aliphatic heterocycles. The topological polar surface area (TPSA) is 60.2 Å². The summed E-state index contributed by atoms with van der Waals surface area (Å²) in [6, 6.07) is 0. The molecule has 80 valence electrons. The minimum absolute atomic E-state index is 0.647. The molecule has 14 heavy (non-hydrogen) atoms. The van der Waals surface area contributed by atoms with E-state index in [-0.39, 0.29) is 0 Å². The molecule has 0 saturated heterocycles. The van der Waals surface area contributed by atoms with Crippen molar-refractivity contribution in [1.29, 1.82) is 0 Å². The minimum Gasteiger partial charge on any atom is -0.385 e. The molecule has 1 rings (SSSR count). The first-order valence-electron chi connectivity index (χ1n) is 4.82. The Balaban J connectivity index is 1.99. The van der Waals surface area contributed by atoms with Gasteiger partial charge in [-0.3, -0.25) is 0 Å². The van der Waals surface area contributed by atoms with Crippen LogP contribution in [0.15, 0.2) is 4.52 Å². The zero-order valence-electron chi connectivity index (χ0n) is 8.75. The summed E-state index contributed by atoms with van der Waals surface area (Å²) >= 11 is 0. The monoisotopic (exact) mass is 199 g/mol. The maximum absolute atomic E-state index is 4.94. The van der Waals surface area contributed by atoms with E-state index in [1.165, 1.54) is 0 Å². The summed E-state index contributed by atoms with van der Waals surface area (Å²) in [6.07, 6.45) is 2.17. The van der Waals surface area contributed by atoms with Gasteiger partial charge in [0.25, 0.3) is 0 Å². The Kier molecular flexibility index (Phi) is 5.17. The maximum Gasteiger partial charge on any atom is 0.240 e. The van der Waals surface area contributed by atoms with Gasteiger partial charge in [0.2, 0.25) is 5.89 Å². The minimum atomic E-state index is 0.647. The van der Waals surface area contributed by atoms with Crippen LogP contribution in [-0.4, -0.2) is 30.4 Å². The van der Waals surface area contributed by atoms with E-state index >= 15 is 0 Å². The van der Waals surface area contributed by atoms with Crippen LogP contribution in [0.3, 0.4) is 0 Å². The Morgan fingerprint density at radius 3 is 2.93 bits per heavy atom. The molecule has 0 atom stereocenters. The molecule has 1 heterocycles. The molecule has 1 aromatic heterocycles. The molecule has 0 amide bonds. The molecule has 0 aromatic carbocycles. The first-order valence-corrected chi connectivity index (χ1v) is 4.82. The Morgan fingerprint density at radius 2 is 2.29 bits per heavy atom. The first kappa shape index (κ1) is 11.1. The third-order valence-corrected chi connectivity index (χ3v) is 1.80. The lowest BCUT2D eigenvalue weighted by molar-refractivity contribution is 0.192. The van der Waals surface area contributed by atoms with E-state index in [4.69, 9.17) is 9.26 Å². The van der Waals surface area contributed by atoms with E-state index in [0.717, 1.165) is 26.0 Å². The van der Waals surface area contributed by atoms with Crippen LogP contribution >= 0.6 is 0 Å². The second-order valence-electron chi connectivity index (χ2n) is 3.11. The summed E-state index contributed by atoms with van der Waals surface area (Å²) in [4.78, 5) is 4.08. The predicted octanol–water partition coefficient (Wildman–Crippen LogP) is 0.894. The summed E-state index contributed by atoms with van der Waals surface area (Å²) in [5, 5.41) is 6.92. The largest absolute Gasteiger partial charge is 0.385 e. The molecule has 0 unspecified atom stereocenters. The van der Waals surface area contributed by atoms with Gasteiger partial charge >= 0.3 is 0 Å². The molecule has 5 heteroatoms. The van der Waals surface area contributed by atoms with E-state index in [2.05, 4.69) is 15.5 Å². The first-order chi connectivity index (χ1) is 6.83. The number of unbranched alkanes of at least 4 members (excludes halogenated alkanes) is 1. The summed E-state index contributed by atoms with van der Waals surface area (Å²) in [7, 11) is 1.72. The molecule has 0 aliphatic rings. The third kappa shape index (κ3) is 4.34. The molecule has 0 aliphatic carbocycles. The number of ether oxygens (including phenoxy) is 1. The molecule has 0 saturated carbocycles. The molecule has 0 spiro atoms. The highest BCUT2D eigenvalue weighted by Crippen LogP contribution is 1.95. The van der Waals surface area contributed by atoms with Crippen molar-refractivity contribution in [1.82, 2.24) is 15.5 Å². The van der Waals surface area contributed by atoms with Crippen LogP contribution in [0.25, 0.3) is 0 Å². The zero-order valence-corrected chi connectivity index (χ0v) is 8.75. The van der Waals surface area contributed by atoms with E-state index in [1.807, 2.05) is 6.92 Å². The fourth-order valence-electron chi connectivity index (χ4n) is 1.10. The average molecular weight is 199 g/mol. The van der Waals surface area contributed by atoms with Crippen molar-refractivity contribution < 1.29 is 9.26 Å². The molecule has 0 bridgehead atoms. The normalized spacial score (nSPS) is 10.7. The van der Waals surface area contributed by atoms with E-state index < -0.39 is 0 Å². The van der Waals surface area contributed by atoms with Crippen molar-refractivity contribution in [3.63, 3.8) is 0 Å². The van der Waals surface area contributed by atoms with Gasteiger partial charge in [-0.2, -0.15) is 4.98 Å². The number of methoxy groups -OCH3 is 1. The second-order valence-corrected chi connectivity index (χ2v) is 3.11. The number of hydrogen-bond acceptors (Lipinski definition) is 5. The maximum atomic E-state index is 4.94. The molecular formula is C9H17N3O2. The van der Waals surface area contributed by atoms with Gasteiger partial charge in [0.1, 0.15) is 0 Å². The van der Waals surface area contributed by atoms with Crippen LogP contribution in [0.4, 0.5) is 0 Å². The highest BCUT2D eigenvalue weighted by Gasteiger charge is 2.00. The van der Waals surface area contributed by atoms with Gasteiger partial charge in [-0.1, -0.05) is 5.16 Å². The molecule has 0 radical (unpaired) electrons. The summed E-state index contributed by atoms with van der Waals surface area (Å²) in [5.74, 6) is 1.33. The van der Waals surface area contributed by atoms with Crippen molar-refractivity contribution in [2.75, 3.05) is 20.3 Å². The van der Waals surface area contributed by atoms with Crippen molar-refractivity contribution in [2.45, 2.75) is 26.3 Å². The van der Waals surface area contributed by atoms with Gasteiger partial charge in [0.15, 0.2) is 5.82 Å². The molecule has 1 aromatic rings. The quantitative estimate of drug-likeness (QED) is 0.661. The molecule has 0 fully saturated rings. The van der Waals surface area contributed by atoms with Gasteiger partial charge in [-0.15, -0.1) is 0 Å². The molecular weight excluding hydrogens is 182 g/mol. The number of aromatic nitrogens is 2. The lowest BCUT2D eigenvalue weighted by Crippen LogP contribution is -2.15. The summed E-state index contributed by atoms with van der Waals surface area (Å²) < 4.78 is 9.89. The number of nitrogens with zero attached hydrogens (tertiary/aromatic N) is 2. The van der Waals surface area contributed by atoms with Gasteiger partial charge in [-0.05, 0) is 26.3 Å². The van der Waals surface area contributed by atoms with Crippen LogP contribution in [0.1, 0.15) is 24.6 Å². The lowest BCUT2D eigenvalue weighted by atomic mass is 10.3. The van der Waals surface area contributed by atoms with E-state index in [1.54, 1.807) is 7.11 Å². The Bertz CT molecular complexity index is 250. The van der Waals surface area contributed by atoms with Crippen molar-refractivity contribution >= 4 is 0 Å². The third-order valence-electron chi connectivity index (χ3n) is 1.80. The fraction of sp³-hybridized carbons (Fsp3) is 0.778. The van der Waals surface area contributed by atoms with Gasteiger partial charge in [0, 0.05) is 13.7 Å². The molecule has 5 nitrogen and oxygen atoms in total. The smallest absolute Gasteiger partial charge is 0.240 e. The Morgan fingerprint density at radius 1 is 1.43 bits per heavy atom. The number of nitrogens with one attached hydrogen (secondary N) is 1. The van der Waals surface area contributed by atoms with Crippen LogP contribution in [-0.2, 0) is 11.3 Å². The Hall–Kier alpha value is -0.940. The SMILES string of the molecule is COCCCCNCc1nc(C)no1. The summed E-state index contributed by atoms with van der Waals surface area (Å²) in [5.41, 5.74) is 0. The van der Waals surface area contributed by atoms with Crippen molar-refractivity contribution in [2.24, 2.45) is 0 Å². The van der Waals surface area contributed by atoms with Crippen LogP contribution in [0, 0.1) is 6.92 Å². The predicted molar refractivity (Wildman–Crippen MR) is 51.9 cm³/mol. The van der Waals surface area contributed by atoms with Gasteiger partial charge in [0.05, 0.1) is 6.54 Å². The average Bonchev–Trinajstić information content (AvgIpc) is 2.58.